The Kier molecular flexibility index (Phi) is 3.62. The topological polar surface area (TPSA) is 58.1 Å². The van der Waals surface area contributed by atoms with Crippen LogP contribution in [0, 0.1) is 5.82 Å². The first-order chi connectivity index (χ1) is 9.67. The Morgan fingerprint density at radius 2 is 2.30 bits per heavy atom. The van der Waals surface area contributed by atoms with Crippen molar-refractivity contribution >= 4 is 39.1 Å². The molecule has 2 aromatic rings. The third-order valence-electron chi connectivity index (χ3n) is 3.28. The number of carbonyl (C=O) groups excluding carboxylic acids is 1. The van der Waals surface area contributed by atoms with E-state index in [4.69, 9.17) is 0 Å². The van der Waals surface area contributed by atoms with E-state index in [0.29, 0.717) is 27.9 Å². The van der Waals surface area contributed by atoms with Crippen molar-refractivity contribution in [3.8, 4) is 0 Å². The smallest absolute Gasteiger partial charge is 0.223 e. The van der Waals surface area contributed by atoms with E-state index >= 15 is 0 Å². The first-order valence-electron chi connectivity index (χ1n) is 6.20. The zero-order valence-electron chi connectivity index (χ0n) is 10.5. The molecule has 0 unspecified atom stereocenters. The number of anilines is 1. The third kappa shape index (κ3) is 2.51. The Hall–Kier alpha value is -1.60. The van der Waals surface area contributed by atoms with Crippen molar-refractivity contribution in [2.75, 3.05) is 25.0 Å². The van der Waals surface area contributed by atoms with Crippen LogP contribution in [0.5, 0.6) is 0 Å². The molecule has 1 N–H and O–H groups in total. The maximum atomic E-state index is 13.8. The Morgan fingerprint density at radius 1 is 1.50 bits per heavy atom. The summed E-state index contributed by atoms with van der Waals surface area (Å²) in [4.78, 5) is 20.8. The Labute approximate surface area is 123 Å². The lowest BCUT2D eigenvalue weighted by Gasteiger charge is -2.38. The Balaban J connectivity index is 1.74. The normalized spacial score (nSPS) is 16.1. The van der Waals surface area contributed by atoms with Crippen LogP contribution < -0.4 is 5.32 Å². The van der Waals surface area contributed by atoms with E-state index in [0.717, 1.165) is 19.4 Å². The molecule has 0 radical (unpaired) electrons. The summed E-state index contributed by atoms with van der Waals surface area (Å²) in [6.07, 6.45) is 2.37. The highest BCUT2D eigenvalue weighted by atomic mass is 79.9. The average molecular weight is 339 g/mol. The zero-order chi connectivity index (χ0) is 14.1. The quantitative estimate of drug-likeness (QED) is 0.862. The van der Waals surface area contributed by atoms with Crippen LogP contribution in [-0.2, 0) is 4.79 Å². The Bertz CT molecular complexity index is 660. The number of nitrogens with zero attached hydrogens (tertiary/aromatic N) is 3. The summed E-state index contributed by atoms with van der Waals surface area (Å²) in [5.41, 5.74) is 0.562. The maximum absolute atomic E-state index is 13.8. The minimum absolute atomic E-state index is 0.229. The van der Waals surface area contributed by atoms with E-state index in [9.17, 15) is 9.18 Å². The molecule has 0 amide bonds. The summed E-state index contributed by atoms with van der Waals surface area (Å²) >= 11 is 3.14. The van der Waals surface area contributed by atoms with Gasteiger partial charge >= 0.3 is 0 Å². The second-order valence-electron chi connectivity index (χ2n) is 4.71. The van der Waals surface area contributed by atoms with Crippen LogP contribution >= 0.6 is 15.9 Å². The van der Waals surface area contributed by atoms with E-state index in [1.807, 2.05) is 4.90 Å². The van der Waals surface area contributed by atoms with E-state index in [2.05, 4.69) is 31.2 Å². The molecule has 0 saturated carbocycles. The van der Waals surface area contributed by atoms with E-state index in [-0.39, 0.29) is 11.9 Å². The zero-order valence-corrected chi connectivity index (χ0v) is 12.1. The fourth-order valence-electron chi connectivity index (χ4n) is 2.21. The molecule has 3 rings (SSSR count). The molecule has 1 saturated heterocycles. The van der Waals surface area contributed by atoms with Crippen LogP contribution in [0.4, 0.5) is 10.3 Å². The lowest BCUT2D eigenvalue weighted by Crippen LogP contribution is -2.55. The van der Waals surface area contributed by atoms with Gasteiger partial charge in [0.1, 0.15) is 12.1 Å². The molecule has 0 spiro atoms. The van der Waals surface area contributed by atoms with Gasteiger partial charge in [-0.1, -0.05) is 0 Å². The van der Waals surface area contributed by atoms with Crippen molar-refractivity contribution in [3.63, 3.8) is 0 Å². The fraction of sp³-hybridized carbons (Fsp3) is 0.308. The number of likely N-dealkylation sites (tertiary alicyclic amines) is 1. The molecule has 0 bridgehead atoms. The number of hydrogen-bond acceptors (Lipinski definition) is 5. The van der Waals surface area contributed by atoms with Crippen LogP contribution in [0.15, 0.2) is 22.8 Å². The Morgan fingerprint density at radius 3 is 3.05 bits per heavy atom. The summed E-state index contributed by atoms with van der Waals surface area (Å²) in [5, 5.41) is 3.57. The molecule has 1 aliphatic rings. The van der Waals surface area contributed by atoms with E-state index in [1.165, 1.54) is 6.20 Å². The maximum Gasteiger partial charge on any atom is 0.223 e. The van der Waals surface area contributed by atoms with Gasteiger partial charge in [-0.3, -0.25) is 4.90 Å². The van der Waals surface area contributed by atoms with Crippen molar-refractivity contribution in [2.24, 2.45) is 0 Å². The van der Waals surface area contributed by atoms with E-state index < -0.39 is 0 Å². The molecule has 1 fully saturated rings. The minimum Gasteiger partial charge on any atom is -0.349 e. The van der Waals surface area contributed by atoms with Gasteiger partial charge in [-0.15, -0.1) is 0 Å². The number of carbonyl (C=O) groups is 1. The van der Waals surface area contributed by atoms with Crippen molar-refractivity contribution in [1.82, 2.24) is 14.9 Å². The van der Waals surface area contributed by atoms with Crippen molar-refractivity contribution in [2.45, 2.75) is 6.04 Å². The molecule has 1 aliphatic heterocycles. The van der Waals surface area contributed by atoms with Gasteiger partial charge in [-0.2, -0.15) is 0 Å². The van der Waals surface area contributed by atoms with Gasteiger partial charge in [0.05, 0.1) is 28.0 Å². The highest BCUT2D eigenvalue weighted by Gasteiger charge is 2.26. The molecule has 20 heavy (non-hydrogen) atoms. The van der Waals surface area contributed by atoms with Gasteiger partial charge < -0.3 is 10.1 Å². The number of benzene rings is 1. The fourth-order valence-corrected chi connectivity index (χ4v) is 2.56. The van der Waals surface area contributed by atoms with Gasteiger partial charge in [0.15, 0.2) is 0 Å². The number of halogens is 2. The molecule has 7 heteroatoms. The lowest BCUT2D eigenvalue weighted by atomic mass is 10.1. The molecule has 0 atom stereocenters. The van der Waals surface area contributed by atoms with Crippen LogP contribution in [0.2, 0.25) is 0 Å². The van der Waals surface area contributed by atoms with Gasteiger partial charge in [-0.05, 0) is 28.1 Å². The van der Waals surface area contributed by atoms with Crippen molar-refractivity contribution in [3.05, 3.63) is 28.6 Å². The van der Waals surface area contributed by atoms with Crippen LogP contribution in [-0.4, -0.2) is 46.8 Å². The number of hydrogen-bond donors (Lipinski definition) is 1. The molecule has 0 aliphatic carbocycles. The van der Waals surface area contributed by atoms with Crippen LogP contribution in [0.1, 0.15) is 0 Å². The van der Waals surface area contributed by atoms with Crippen molar-refractivity contribution in [1.29, 1.82) is 0 Å². The number of aromatic nitrogens is 2. The first-order valence-corrected chi connectivity index (χ1v) is 7.00. The lowest BCUT2D eigenvalue weighted by molar-refractivity contribution is -0.109. The summed E-state index contributed by atoms with van der Waals surface area (Å²) in [6.45, 7) is 2.03. The summed E-state index contributed by atoms with van der Waals surface area (Å²) in [6, 6.07) is 3.60. The predicted molar refractivity (Wildman–Crippen MR) is 77.1 cm³/mol. The standard InChI is InChI=1S/C13H12BrFN4O/c14-10-1-2-11-9(12(10)15)5-16-13(18-11)17-8-6-19(7-8)3-4-20/h1-2,4-5,8H,3,6-7H2,(H,16,17,18). The van der Waals surface area contributed by atoms with Gasteiger partial charge in [0.2, 0.25) is 5.95 Å². The minimum atomic E-state index is -0.352. The second kappa shape index (κ2) is 5.41. The number of aldehydes is 1. The van der Waals surface area contributed by atoms with Crippen LogP contribution in [0.25, 0.3) is 10.9 Å². The molecule has 1 aromatic carbocycles. The number of nitrogens with one attached hydrogen (secondary N) is 1. The monoisotopic (exact) mass is 338 g/mol. The first kappa shape index (κ1) is 13.4. The molecular formula is C13H12BrFN4O. The molecule has 104 valence electrons. The molecule has 2 heterocycles. The summed E-state index contributed by atoms with van der Waals surface area (Å²) in [5.74, 6) is 0.129. The summed E-state index contributed by atoms with van der Waals surface area (Å²) < 4.78 is 14.2. The molecule has 1 aromatic heterocycles. The van der Waals surface area contributed by atoms with Crippen LogP contribution in [0.3, 0.4) is 0 Å². The average Bonchev–Trinajstić information content (AvgIpc) is 2.41. The van der Waals surface area contributed by atoms with E-state index in [1.54, 1.807) is 12.1 Å². The molecule has 5 nitrogen and oxygen atoms in total. The highest BCUT2D eigenvalue weighted by molar-refractivity contribution is 9.10. The predicted octanol–water partition coefficient (Wildman–Crippen LogP) is 1.83. The summed E-state index contributed by atoms with van der Waals surface area (Å²) in [7, 11) is 0. The second-order valence-corrected chi connectivity index (χ2v) is 5.57. The molecular weight excluding hydrogens is 327 g/mol. The van der Waals surface area contributed by atoms with Crippen molar-refractivity contribution < 1.29 is 9.18 Å². The van der Waals surface area contributed by atoms with Gasteiger partial charge in [-0.25, -0.2) is 14.4 Å². The number of fused-ring (bicyclic) bond motifs is 1. The van der Waals surface area contributed by atoms with Gasteiger partial charge in [0.25, 0.3) is 0 Å². The third-order valence-corrected chi connectivity index (χ3v) is 3.89. The number of rotatable bonds is 4. The SMILES string of the molecule is O=CCN1CC(Nc2ncc3c(F)c(Br)ccc3n2)C1. The van der Waals surface area contributed by atoms with Gasteiger partial charge in [0, 0.05) is 19.3 Å². The largest absolute Gasteiger partial charge is 0.349 e. The highest BCUT2D eigenvalue weighted by Crippen LogP contribution is 2.24.